The molecule has 26 heavy (non-hydrogen) atoms. The summed E-state index contributed by atoms with van der Waals surface area (Å²) in [5.74, 6) is -1.82. The van der Waals surface area contributed by atoms with Crippen LogP contribution in [0, 0.1) is 0 Å². The molecule has 0 aromatic heterocycles. The molecule has 0 saturated carbocycles. The Labute approximate surface area is 192 Å². The third kappa shape index (κ3) is 4.25. The molecule has 0 saturated heterocycles. The predicted octanol–water partition coefficient (Wildman–Crippen LogP) is -1.17. The van der Waals surface area contributed by atoms with Crippen LogP contribution in [0.25, 0.3) is 0 Å². The van der Waals surface area contributed by atoms with E-state index in [-0.39, 0.29) is 98.2 Å². The van der Waals surface area contributed by atoms with Crippen LogP contribution in [-0.2, 0) is 10.1 Å². The van der Waals surface area contributed by atoms with Crippen LogP contribution in [0.5, 0.6) is 11.5 Å². The average molecular weight is 401 g/mol. The maximum Gasteiger partial charge on any atom is 1.00 e. The Morgan fingerprint density at radius 3 is 2.15 bits per heavy atom. The molecule has 0 bridgehead atoms. The van der Waals surface area contributed by atoms with Crippen LogP contribution in [0.15, 0.2) is 36.4 Å². The van der Waals surface area contributed by atoms with E-state index in [1.165, 1.54) is 18.2 Å². The van der Waals surface area contributed by atoms with Gasteiger partial charge in [0.05, 0.1) is 17.9 Å². The number of hydrogen-bond donors (Lipinski definition) is 2. The van der Waals surface area contributed by atoms with Crippen molar-refractivity contribution in [1.82, 2.24) is 0 Å². The standard InChI is InChI=1S/C17H14O7S.K/c18-15-10-4-1-2-5-11(10)16(19)14-12(15)6-7-13(17(14)20)24-8-3-9-25(21,22)23;/h1-2,4-7,20H,3,8-9H2,(H,21,22,23);/q;+1. The summed E-state index contributed by atoms with van der Waals surface area (Å²) in [4.78, 5) is 25.1. The van der Waals surface area contributed by atoms with Crippen LogP contribution in [0.1, 0.15) is 38.3 Å². The number of rotatable bonds is 5. The molecular weight excluding hydrogens is 387 g/mol. The van der Waals surface area contributed by atoms with Crippen molar-refractivity contribution in [3.63, 3.8) is 0 Å². The second-order valence-electron chi connectivity index (χ2n) is 5.53. The second-order valence-corrected chi connectivity index (χ2v) is 7.10. The Kier molecular flexibility index (Phi) is 6.78. The van der Waals surface area contributed by atoms with Gasteiger partial charge in [0, 0.05) is 16.7 Å². The van der Waals surface area contributed by atoms with Crippen molar-refractivity contribution in [2.75, 3.05) is 12.4 Å². The van der Waals surface area contributed by atoms with Crippen molar-refractivity contribution < 1.29 is 83.8 Å². The summed E-state index contributed by atoms with van der Waals surface area (Å²) in [6.07, 6.45) is 0.00503. The fraction of sp³-hybridized carbons (Fsp3) is 0.176. The summed E-state index contributed by atoms with van der Waals surface area (Å²) in [6, 6.07) is 9.08. The Balaban J connectivity index is 0.00000243. The Morgan fingerprint density at radius 1 is 0.923 bits per heavy atom. The summed E-state index contributed by atoms with van der Waals surface area (Å²) in [7, 11) is -4.09. The van der Waals surface area contributed by atoms with Gasteiger partial charge in [-0.05, 0) is 18.6 Å². The van der Waals surface area contributed by atoms with Crippen LogP contribution < -0.4 is 56.1 Å². The molecule has 0 heterocycles. The third-order valence-corrected chi connectivity index (χ3v) is 4.64. The van der Waals surface area contributed by atoms with E-state index in [1.54, 1.807) is 18.2 Å². The van der Waals surface area contributed by atoms with Crippen molar-refractivity contribution in [1.29, 1.82) is 0 Å². The molecule has 0 unspecified atom stereocenters. The molecule has 0 fully saturated rings. The quantitative estimate of drug-likeness (QED) is 0.314. The van der Waals surface area contributed by atoms with Crippen LogP contribution >= 0.6 is 0 Å². The normalized spacial score (nSPS) is 12.8. The minimum Gasteiger partial charge on any atom is -0.504 e. The van der Waals surface area contributed by atoms with Gasteiger partial charge >= 0.3 is 51.4 Å². The molecule has 0 aliphatic heterocycles. The second kappa shape index (κ2) is 8.30. The Hall–Kier alpha value is -1.07. The van der Waals surface area contributed by atoms with Gasteiger partial charge in [0.2, 0.25) is 0 Å². The fourth-order valence-electron chi connectivity index (χ4n) is 2.69. The predicted molar refractivity (Wildman–Crippen MR) is 87.9 cm³/mol. The van der Waals surface area contributed by atoms with Crippen LogP contribution in [0.2, 0.25) is 0 Å². The van der Waals surface area contributed by atoms with E-state index < -0.39 is 27.4 Å². The molecule has 0 spiro atoms. The zero-order valence-corrected chi connectivity index (χ0v) is 17.9. The van der Waals surface area contributed by atoms with Crippen molar-refractivity contribution in [2.45, 2.75) is 6.42 Å². The van der Waals surface area contributed by atoms with E-state index >= 15 is 0 Å². The number of aromatic hydroxyl groups is 1. The van der Waals surface area contributed by atoms with Gasteiger partial charge < -0.3 is 9.84 Å². The molecule has 2 N–H and O–H groups in total. The molecule has 0 atom stereocenters. The first-order valence-electron chi connectivity index (χ1n) is 7.42. The fourth-order valence-corrected chi connectivity index (χ4v) is 3.17. The van der Waals surface area contributed by atoms with Crippen molar-refractivity contribution in [3.8, 4) is 11.5 Å². The zero-order valence-electron chi connectivity index (χ0n) is 13.9. The van der Waals surface area contributed by atoms with Crippen molar-refractivity contribution >= 4 is 21.7 Å². The van der Waals surface area contributed by atoms with Gasteiger partial charge in [0.15, 0.2) is 23.1 Å². The van der Waals surface area contributed by atoms with Gasteiger partial charge in [0.1, 0.15) is 0 Å². The van der Waals surface area contributed by atoms with Gasteiger partial charge in [-0.25, -0.2) is 0 Å². The van der Waals surface area contributed by atoms with E-state index in [0.29, 0.717) is 0 Å². The maximum atomic E-state index is 12.6. The zero-order chi connectivity index (χ0) is 18.2. The largest absolute Gasteiger partial charge is 1.00 e. The number of carbonyl (C=O) groups is 2. The number of benzene rings is 2. The number of hydrogen-bond acceptors (Lipinski definition) is 6. The smallest absolute Gasteiger partial charge is 0.504 e. The molecule has 9 heteroatoms. The summed E-state index contributed by atoms with van der Waals surface area (Å²) < 4.78 is 35.3. The Morgan fingerprint density at radius 2 is 1.54 bits per heavy atom. The summed E-state index contributed by atoms with van der Waals surface area (Å²) in [5, 5.41) is 10.3. The molecule has 0 radical (unpaired) electrons. The van der Waals surface area contributed by atoms with Crippen LogP contribution in [-0.4, -0.2) is 42.0 Å². The number of ether oxygens (including phenoxy) is 1. The minimum absolute atomic E-state index is 0. The van der Waals surface area contributed by atoms with E-state index in [0.717, 1.165) is 0 Å². The van der Waals surface area contributed by atoms with E-state index in [2.05, 4.69) is 0 Å². The molecule has 1 aliphatic rings. The molecule has 3 rings (SSSR count). The number of phenolic OH excluding ortho intramolecular Hbond substituents is 1. The topological polar surface area (TPSA) is 118 Å². The van der Waals surface area contributed by atoms with Gasteiger partial charge in [-0.3, -0.25) is 14.1 Å². The summed E-state index contributed by atoms with van der Waals surface area (Å²) in [6.45, 7) is -0.0924. The van der Waals surface area contributed by atoms with Crippen molar-refractivity contribution in [3.05, 3.63) is 58.7 Å². The molecule has 0 amide bonds. The molecule has 2 aromatic carbocycles. The SMILES string of the molecule is O=C1c2ccccc2C(=O)c2c1ccc(OCCCS(=O)(=O)O)c2O.[K+]. The van der Waals surface area contributed by atoms with E-state index in [4.69, 9.17) is 9.29 Å². The number of fused-ring (bicyclic) bond motifs is 2. The number of phenols is 1. The first-order valence-corrected chi connectivity index (χ1v) is 9.03. The monoisotopic (exact) mass is 401 g/mol. The molecule has 1 aliphatic carbocycles. The first-order chi connectivity index (χ1) is 11.8. The maximum absolute atomic E-state index is 12.6. The number of ketones is 2. The van der Waals surface area contributed by atoms with E-state index in [1.807, 2.05) is 0 Å². The minimum atomic E-state index is -4.09. The van der Waals surface area contributed by atoms with Gasteiger partial charge in [-0.2, -0.15) is 8.42 Å². The van der Waals surface area contributed by atoms with E-state index in [9.17, 15) is 23.1 Å². The number of carbonyl (C=O) groups excluding carboxylic acids is 2. The summed E-state index contributed by atoms with van der Waals surface area (Å²) >= 11 is 0. The molecule has 2 aromatic rings. The van der Waals surface area contributed by atoms with Gasteiger partial charge in [0.25, 0.3) is 10.1 Å². The van der Waals surface area contributed by atoms with Crippen LogP contribution in [0.3, 0.4) is 0 Å². The van der Waals surface area contributed by atoms with Crippen LogP contribution in [0.4, 0.5) is 0 Å². The van der Waals surface area contributed by atoms with Gasteiger partial charge in [-0.15, -0.1) is 0 Å². The Bertz CT molecular complexity index is 983. The van der Waals surface area contributed by atoms with Gasteiger partial charge in [-0.1, -0.05) is 24.3 Å². The third-order valence-electron chi connectivity index (χ3n) is 3.83. The average Bonchev–Trinajstić information content (AvgIpc) is 2.56. The van der Waals surface area contributed by atoms with Crippen molar-refractivity contribution in [2.24, 2.45) is 0 Å². The summed E-state index contributed by atoms with van der Waals surface area (Å²) in [5.41, 5.74) is 0.447. The first kappa shape index (κ1) is 21.2. The molecule has 130 valence electrons. The molecular formula is C17H14KO7S+. The molecule has 7 nitrogen and oxygen atoms in total.